The number of nitrogens with one attached hydrogen (secondary N) is 3. The van der Waals surface area contributed by atoms with Crippen LogP contribution < -0.4 is 16.0 Å². The van der Waals surface area contributed by atoms with Crippen molar-refractivity contribution in [2.75, 3.05) is 19.6 Å². The highest BCUT2D eigenvalue weighted by atomic mass is 79.9. The number of hydrogen-bond donors (Lipinski definition) is 3. The van der Waals surface area contributed by atoms with E-state index in [0.717, 1.165) is 10.0 Å². The fraction of sp³-hybridized carbons (Fsp3) is 0.421. The lowest BCUT2D eigenvalue weighted by Gasteiger charge is -2.19. The molecule has 0 saturated heterocycles. The van der Waals surface area contributed by atoms with Crippen LogP contribution in [0.5, 0.6) is 0 Å². The molecule has 0 atom stereocenters. The summed E-state index contributed by atoms with van der Waals surface area (Å²) in [5.41, 5.74) is 0.314. The van der Waals surface area contributed by atoms with Gasteiger partial charge in [-0.25, -0.2) is 4.79 Å². The van der Waals surface area contributed by atoms with Crippen LogP contribution in [0.4, 0.5) is 4.79 Å². The Bertz CT molecular complexity index is 684. The van der Waals surface area contributed by atoms with Gasteiger partial charge in [0.1, 0.15) is 5.60 Å². The van der Waals surface area contributed by atoms with E-state index in [-0.39, 0.29) is 18.4 Å². The molecule has 0 aromatic heterocycles. The average molecular weight is 440 g/mol. The molecule has 0 fully saturated rings. The Morgan fingerprint density at radius 2 is 1.81 bits per heavy atom. The molecule has 0 radical (unpaired) electrons. The Hall–Kier alpha value is -2.35. The molecular weight excluding hydrogens is 414 g/mol. The first-order chi connectivity index (χ1) is 12.7. The number of amides is 3. The highest BCUT2D eigenvalue weighted by Gasteiger charge is 2.16. The number of benzene rings is 1. The van der Waals surface area contributed by atoms with E-state index < -0.39 is 11.7 Å². The molecule has 0 heterocycles. The maximum absolute atomic E-state index is 11.7. The van der Waals surface area contributed by atoms with Crippen LogP contribution in [0.3, 0.4) is 0 Å². The smallest absolute Gasteiger partial charge is 0.408 e. The van der Waals surface area contributed by atoms with Crippen molar-refractivity contribution < 1.29 is 19.1 Å². The third-order valence-corrected chi connectivity index (χ3v) is 3.54. The molecule has 1 aromatic carbocycles. The maximum atomic E-state index is 11.7. The summed E-state index contributed by atoms with van der Waals surface area (Å²) in [7, 11) is 0. The van der Waals surface area contributed by atoms with Gasteiger partial charge in [0.25, 0.3) is 0 Å². The lowest BCUT2D eigenvalue weighted by molar-refractivity contribution is -0.120. The van der Waals surface area contributed by atoms with E-state index in [2.05, 4.69) is 31.9 Å². The second-order valence-electron chi connectivity index (χ2n) is 6.74. The molecule has 1 aromatic rings. The van der Waals surface area contributed by atoms with Gasteiger partial charge in [0.15, 0.2) is 0 Å². The Balaban J connectivity index is 2.13. The predicted molar refractivity (Wildman–Crippen MR) is 108 cm³/mol. The van der Waals surface area contributed by atoms with Gasteiger partial charge >= 0.3 is 6.09 Å². The number of carbonyl (C=O) groups excluding carboxylic acids is 3. The largest absolute Gasteiger partial charge is 0.444 e. The molecular formula is C19H26BrN3O4. The first kappa shape index (κ1) is 22.7. The van der Waals surface area contributed by atoms with E-state index in [1.165, 1.54) is 6.08 Å². The monoisotopic (exact) mass is 439 g/mol. The van der Waals surface area contributed by atoms with Crippen molar-refractivity contribution in [3.8, 4) is 0 Å². The van der Waals surface area contributed by atoms with E-state index in [1.807, 2.05) is 24.3 Å². The molecule has 0 aliphatic heterocycles. The number of carbonyl (C=O) groups is 3. The van der Waals surface area contributed by atoms with Crippen LogP contribution in [0, 0.1) is 0 Å². The summed E-state index contributed by atoms with van der Waals surface area (Å²) < 4.78 is 5.98. The lowest BCUT2D eigenvalue weighted by atomic mass is 10.2. The first-order valence-corrected chi connectivity index (χ1v) is 9.40. The molecule has 0 spiro atoms. The fourth-order valence-electron chi connectivity index (χ4n) is 1.90. The minimum absolute atomic E-state index is 0.156. The van der Waals surface area contributed by atoms with Crippen LogP contribution in [-0.2, 0) is 14.3 Å². The number of halogens is 1. The summed E-state index contributed by atoms with van der Waals surface area (Å²) >= 11 is 3.37. The number of ether oxygens (including phenoxy) is 1. The molecule has 3 amide bonds. The molecule has 0 saturated carbocycles. The Labute approximate surface area is 168 Å². The van der Waals surface area contributed by atoms with E-state index in [4.69, 9.17) is 4.74 Å². The van der Waals surface area contributed by atoms with E-state index >= 15 is 0 Å². The zero-order chi connectivity index (χ0) is 20.3. The Morgan fingerprint density at radius 3 is 2.48 bits per heavy atom. The van der Waals surface area contributed by atoms with Crippen molar-refractivity contribution in [3.05, 3.63) is 40.4 Å². The van der Waals surface area contributed by atoms with Gasteiger partial charge in [-0.3, -0.25) is 9.59 Å². The minimum Gasteiger partial charge on any atom is -0.444 e. The van der Waals surface area contributed by atoms with Gasteiger partial charge in [0.05, 0.1) is 6.54 Å². The SMILES string of the molecule is CC(C)(C)OC(=O)NCC(=O)NCCCNC(=O)/C=C/c1cccc(Br)c1. The van der Waals surface area contributed by atoms with Crippen LogP contribution in [0.1, 0.15) is 32.8 Å². The van der Waals surface area contributed by atoms with Crippen LogP contribution in [0.25, 0.3) is 6.08 Å². The Kier molecular flexibility index (Phi) is 9.56. The molecule has 1 rings (SSSR count). The fourth-order valence-corrected chi connectivity index (χ4v) is 2.31. The topological polar surface area (TPSA) is 96.5 Å². The van der Waals surface area contributed by atoms with E-state index in [0.29, 0.717) is 19.5 Å². The van der Waals surface area contributed by atoms with Gasteiger partial charge in [-0.1, -0.05) is 28.1 Å². The normalized spacial score (nSPS) is 11.1. The van der Waals surface area contributed by atoms with Crippen LogP contribution in [-0.4, -0.2) is 43.1 Å². The molecule has 8 heteroatoms. The molecule has 148 valence electrons. The van der Waals surface area contributed by atoms with E-state index in [9.17, 15) is 14.4 Å². The second kappa shape index (κ2) is 11.4. The Morgan fingerprint density at radius 1 is 1.11 bits per heavy atom. The zero-order valence-corrected chi connectivity index (χ0v) is 17.4. The summed E-state index contributed by atoms with van der Waals surface area (Å²) in [6, 6.07) is 7.61. The van der Waals surface area contributed by atoms with E-state index in [1.54, 1.807) is 26.8 Å². The predicted octanol–water partition coefficient (Wildman–Crippen LogP) is 2.61. The third kappa shape index (κ3) is 11.8. The zero-order valence-electron chi connectivity index (χ0n) is 15.8. The number of rotatable bonds is 8. The quantitative estimate of drug-likeness (QED) is 0.428. The minimum atomic E-state index is -0.637. The van der Waals surface area contributed by atoms with Gasteiger partial charge in [-0.05, 0) is 51.0 Å². The first-order valence-electron chi connectivity index (χ1n) is 8.61. The summed E-state index contributed by atoms with van der Waals surface area (Å²) in [6.07, 6.45) is 3.13. The van der Waals surface area contributed by atoms with Crippen molar-refractivity contribution in [2.24, 2.45) is 0 Å². The highest BCUT2D eigenvalue weighted by molar-refractivity contribution is 9.10. The van der Waals surface area contributed by atoms with Gasteiger partial charge in [0, 0.05) is 23.6 Å². The number of alkyl carbamates (subject to hydrolysis) is 1. The summed E-state index contributed by atoms with van der Waals surface area (Å²) in [5.74, 6) is -0.519. The maximum Gasteiger partial charge on any atom is 0.408 e. The lowest BCUT2D eigenvalue weighted by Crippen LogP contribution is -2.40. The van der Waals surface area contributed by atoms with Crippen LogP contribution >= 0.6 is 15.9 Å². The third-order valence-electron chi connectivity index (χ3n) is 3.04. The summed E-state index contributed by atoms with van der Waals surface area (Å²) in [6.45, 7) is 5.90. The molecule has 0 unspecified atom stereocenters. The van der Waals surface area contributed by atoms with Crippen molar-refractivity contribution >= 4 is 39.9 Å². The van der Waals surface area contributed by atoms with Gasteiger partial charge in [-0.2, -0.15) is 0 Å². The van der Waals surface area contributed by atoms with Gasteiger partial charge in [0.2, 0.25) is 11.8 Å². The van der Waals surface area contributed by atoms with Gasteiger partial charge < -0.3 is 20.7 Å². The number of hydrogen-bond acceptors (Lipinski definition) is 4. The van der Waals surface area contributed by atoms with Crippen LogP contribution in [0.15, 0.2) is 34.8 Å². The van der Waals surface area contributed by atoms with Crippen molar-refractivity contribution in [1.29, 1.82) is 0 Å². The molecule has 3 N–H and O–H groups in total. The molecule has 7 nitrogen and oxygen atoms in total. The highest BCUT2D eigenvalue weighted by Crippen LogP contribution is 2.12. The summed E-state index contributed by atoms with van der Waals surface area (Å²) in [4.78, 5) is 34.8. The molecule has 0 aliphatic rings. The summed E-state index contributed by atoms with van der Waals surface area (Å²) in [5, 5.41) is 7.77. The van der Waals surface area contributed by atoms with Crippen molar-refractivity contribution in [3.63, 3.8) is 0 Å². The van der Waals surface area contributed by atoms with Crippen LogP contribution in [0.2, 0.25) is 0 Å². The van der Waals surface area contributed by atoms with Crippen molar-refractivity contribution in [2.45, 2.75) is 32.8 Å². The molecule has 0 bridgehead atoms. The molecule has 0 aliphatic carbocycles. The van der Waals surface area contributed by atoms with Gasteiger partial charge in [-0.15, -0.1) is 0 Å². The standard InChI is InChI=1S/C19H26BrN3O4/c1-19(2,3)27-18(26)23-13-17(25)22-11-5-10-21-16(24)9-8-14-6-4-7-15(20)12-14/h4,6-9,12H,5,10-11,13H2,1-3H3,(H,21,24)(H,22,25)(H,23,26)/b9-8+. The second-order valence-corrected chi connectivity index (χ2v) is 7.65. The average Bonchev–Trinajstić information content (AvgIpc) is 2.56. The van der Waals surface area contributed by atoms with Crippen molar-refractivity contribution in [1.82, 2.24) is 16.0 Å². The molecule has 27 heavy (non-hydrogen) atoms.